The van der Waals surface area contributed by atoms with Crippen molar-refractivity contribution in [2.45, 2.75) is 151 Å². The van der Waals surface area contributed by atoms with Crippen molar-refractivity contribution < 1.29 is 0 Å². The third kappa shape index (κ3) is 8.54. The lowest BCUT2D eigenvalue weighted by molar-refractivity contribution is 0.355. The summed E-state index contributed by atoms with van der Waals surface area (Å²) < 4.78 is 0. The summed E-state index contributed by atoms with van der Waals surface area (Å²) in [6, 6.07) is 0.469. The highest BCUT2D eigenvalue weighted by atomic mass is 14.6. The molecule has 0 spiro atoms. The summed E-state index contributed by atoms with van der Waals surface area (Å²) in [5.74, 6) is 8.99. The van der Waals surface area contributed by atoms with Gasteiger partial charge >= 0.3 is 0 Å². The lowest BCUT2D eigenvalue weighted by Crippen LogP contribution is -2.25. The molecule has 6 atom stereocenters. The zero-order valence-electron chi connectivity index (χ0n) is 24.0. The van der Waals surface area contributed by atoms with E-state index in [1.165, 1.54) is 96.3 Å². The molecular formula is C32H63N. The van der Waals surface area contributed by atoms with Gasteiger partial charge in [-0.05, 0) is 105 Å². The van der Waals surface area contributed by atoms with Crippen LogP contribution < -0.4 is 5.73 Å². The Balaban J connectivity index is 0.000000294. The van der Waals surface area contributed by atoms with E-state index in [2.05, 4.69) is 48.5 Å². The molecule has 0 aliphatic heterocycles. The fourth-order valence-electron chi connectivity index (χ4n) is 8.68. The first-order chi connectivity index (χ1) is 15.9. The highest BCUT2D eigenvalue weighted by molar-refractivity contribution is 4.88. The smallest absolute Gasteiger partial charge is 0.00441 e. The fourth-order valence-corrected chi connectivity index (χ4v) is 8.68. The van der Waals surface area contributed by atoms with Crippen molar-refractivity contribution in [3.05, 3.63) is 0 Å². The van der Waals surface area contributed by atoms with Crippen molar-refractivity contribution in [1.29, 1.82) is 0 Å². The molecule has 3 rings (SSSR count). The molecule has 0 bridgehead atoms. The van der Waals surface area contributed by atoms with Crippen LogP contribution in [0.1, 0.15) is 145 Å². The van der Waals surface area contributed by atoms with Crippen LogP contribution in [-0.4, -0.2) is 6.04 Å². The highest BCUT2D eigenvalue weighted by Gasteiger charge is 2.35. The molecule has 0 aromatic rings. The van der Waals surface area contributed by atoms with Crippen LogP contribution in [0, 0.1) is 53.3 Å². The Morgan fingerprint density at radius 3 is 0.879 bits per heavy atom. The summed E-state index contributed by atoms with van der Waals surface area (Å²) in [7, 11) is 0. The van der Waals surface area contributed by atoms with E-state index in [-0.39, 0.29) is 0 Å². The first-order valence-electron chi connectivity index (χ1n) is 15.7. The topological polar surface area (TPSA) is 26.0 Å². The van der Waals surface area contributed by atoms with Crippen LogP contribution in [0.2, 0.25) is 0 Å². The van der Waals surface area contributed by atoms with E-state index in [0.29, 0.717) is 6.04 Å². The maximum absolute atomic E-state index is 6.58. The second kappa shape index (κ2) is 15.2. The summed E-state index contributed by atoms with van der Waals surface area (Å²) >= 11 is 0. The number of hydrogen-bond donors (Lipinski definition) is 1. The molecule has 3 aliphatic rings. The molecule has 196 valence electrons. The van der Waals surface area contributed by atoms with Crippen molar-refractivity contribution in [1.82, 2.24) is 0 Å². The number of nitrogens with two attached hydrogens (primary N) is 1. The predicted octanol–water partition coefficient (Wildman–Crippen LogP) is 9.88. The average molecular weight is 462 g/mol. The quantitative estimate of drug-likeness (QED) is 0.325. The lowest BCUT2D eigenvalue weighted by Gasteiger charge is -2.20. The summed E-state index contributed by atoms with van der Waals surface area (Å²) in [5.41, 5.74) is 6.58. The van der Waals surface area contributed by atoms with Crippen LogP contribution >= 0.6 is 0 Å². The van der Waals surface area contributed by atoms with Crippen LogP contribution in [0.3, 0.4) is 0 Å². The van der Waals surface area contributed by atoms with Crippen LogP contribution in [0.15, 0.2) is 0 Å². The third-order valence-corrected chi connectivity index (χ3v) is 10.8. The predicted molar refractivity (Wildman–Crippen MR) is 148 cm³/mol. The maximum atomic E-state index is 6.58. The molecule has 1 heteroatoms. The van der Waals surface area contributed by atoms with Crippen molar-refractivity contribution >= 4 is 0 Å². The first kappa shape index (κ1) is 29.2. The monoisotopic (exact) mass is 461 g/mol. The molecule has 0 aromatic heterocycles. The second-order valence-corrected chi connectivity index (χ2v) is 12.7. The van der Waals surface area contributed by atoms with Crippen molar-refractivity contribution in [2.75, 3.05) is 0 Å². The van der Waals surface area contributed by atoms with Gasteiger partial charge in [0, 0.05) is 6.04 Å². The van der Waals surface area contributed by atoms with Crippen LogP contribution in [0.25, 0.3) is 0 Å². The van der Waals surface area contributed by atoms with Crippen LogP contribution in [-0.2, 0) is 0 Å². The van der Waals surface area contributed by atoms with E-state index < -0.39 is 0 Å². The van der Waals surface area contributed by atoms with Gasteiger partial charge in [0.15, 0.2) is 0 Å². The molecule has 6 unspecified atom stereocenters. The standard InChI is InChI=1S/C21H41N.C11H22/c1-5-17-9-15(10-18(17)6-2)13-21(22)14-16-11-19(7-3)20(8-4)12-16;1-4-9-7-10(5-2)11(6-3)8-9/h15-21H,5-14,22H2,1-4H3;9-11H,4-8H2,1-3H3. The Morgan fingerprint density at radius 1 is 0.424 bits per heavy atom. The van der Waals surface area contributed by atoms with Gasteiger partial charge in [0.1, 0.15) is 0 Å². The van der Waals surface area contributed by atoms with E-state index in [1.807, 2.05) is 0 Å². The SMILES string of the molecule is CCC1CC(CC(N)CC2CC(CC)C(CC)C2)CC1CC.CCC1CC(CC)C(CC)C1. The maximum Gasteiger partial charge on any atom is 0.00441 e. The zero-order valence-corrected chi connectivity index (χ0v) is 24.0. The summed E-state index contributed by atoms with van der Waals surface area (Å²) in [6.45, 7) is 16.6. The Kier molecular flexibility index (Phi) is 13.4. The van der Waals surface area contributed by atoms with Crippen LogP contribution in [0.5, 0.6) is 0 Å². The molecule has 0 aromatic carbocycles. The molecule has 0 radical (unpaired) electrons. The average Bonchev–Trinajstić information content (AvgIpc) is 3.54. The summed E-state index contributed by atoms with van der Waals surface area (Å²) in [5, 5.41) is 0. The van der Waals surface area contributed by atoms with Crippen molar-refractivity contribution in [2.24, 2.45) is 59.0 Å². The molecular weight excluding hydrogens is 398 g/mol. The van der Waals surface area contributed by atoms with Gasteiger partial charge in [0.05, 0.1) is 0 Å². The van der Waals surface area contributed by atoms with Gasteiger partial charge < -0.3 is 5.73 Å². The second-order valence-electron chi connectivity index (χ2n) is 12.7. The van der Waals surface area contributed by atoms with Crippen molar-refractivity contribution in [3.8, 4) is 0 Å². The fraction of sp³-hybridized carbons (Fsp3) is 1.00. The Hall–Kier alpha value is -0.0400. The van der Waals surface area contributed by atoms with Gasteiger partial charge in [-0.3, -0.25) is 0 Å². The number of hydrogen-bond acceptors (Lipinski definition) is 1. The number of rotatable bonds is 11. The minimum Gasteiger partial charge on any atom is -0.328 e. The van der Waals surface area contributed by atoms with Gasteiger partial charge in [-0.1, -0.05) is 93.4 Å². The molecule has 3 aliphatic carbocycles. The molecule has 0 amide bonds. The molecule has 3 saturated carbocycles. The van der Waals surface area contributed by atoms with Gasteiger partial charge in [-0.2, -0.15) is 0 Å². The lowest BCUT2D eigenvalue weighted by atomic mass is 9.90. The molecule has 0 saturated heterocycles. The van der Waals surface area contributed by atoms with E-state index in [4.69, 9.17) is 5.73 Å². The van der Waals surface area contributed by atoms with Crippen molar-refractivity contribution in [3.63, 3.8) is 0 Å². The largest absolute Gasteiger partial charge is 0.328 e. The Labute approximate surface area is 209 Å². The normalized spacial score (nSPS) is 39.5. The van der Waals surface area contributed by atoms with Gasteiger partial charge in [0.2, 0.25) is 0 Å². The van der Waals surface area contributed by atoms with E-state index >= 15 is 0 Å². The van der Waals surface area contributed by atoms with E-state index in [1.54, 1.807) is 0 Å². The summed E-state index contributed by atoms with van der Waals surface area (Å²) in [4.78, 5) is 0. The zero-order chi connectivity index (χ0) is 24.4. The Morgan fingerprint density at radius 2 is 0.667 bits per heavy atom. The third-order valence-electron chi connectivity index (χ3n) is 10.8. The molecule has 33 heavy (non-hydrogen) atoms. The van der Waals surface area contributed by atoms with E-state index in [9.17, 15) is 0 Å². The molecule has 1 nitrogen and oxygen atoms in total. The molecule has 0 heterocycles. The highest BCUT2D eigenvalue weighted by Crippen LogP contribution is 2.45. The van der Waals surface area contributed by atoms with Gasteiger partial charge in [-0.25, -0.2) is 0 Å². The molecule has 3 fully saturated rings. The Bertz CT molecular complexity index is 435. The van der Waals surface area contributed by atoms with Gasteiger partial charge in [0.25, 0.3) is 0 Å². The van der Waals surface area contributed by atoms with E-state index in [0.717, 1.165) is 53.3 Å². The minimum absolute atomic E-state index is 0.469. The van der Waals surface area contributed by atoms with Crippen LogP contribution in [0.4, 0.5) is 0 Å². The molecule has 2 N–H and O–H groups in total. The summed E-state index contributed by atoms with van der Waals surface area (Å²) in [6.07, 6.45) is 21.2. The first-order valence-corrected chi connectivity index (χ1v) is 15.7. The minimum atomic E-state index is 0.469. The van der Waals surface area contributed by atoms with Gasteiger partial charge in [-0.15, -0.1) is 0 Å².